The maximum atomic E-state index is 9.41. The molecule has 1 aliphatic heterocycles. The first-order chi connectivity index (χ1) is 10.1. The Labute approximate surface area is 124 Å². The number of phenolic OH excluding ortho intramolecular Hbond substituents is 2. The Morgan fingerprint density at radius 1 is 0.667 bits per heavy atom. The van der Waals surface area contributed by atoms with Gasteiger partial charge >= 0.3 is 0 Å². The number of rotatable bonds is 2. The van der Waals surface area contributed by atoms with E-state index in [2.05, 4.69) is 13.8 Å². The molecule has 0 unspecified atom stereocenters. The van der Waals surface area contributed by atoms with Gasteiger partial charge in [0.2, 0.25) is 0 Å². The SMILES string of the molecule is C[C@@H]1[C@H](C)[C@H](c2ccc(O)cc2)O[C@@H]1c1ccc(O)cc1. The van der Waals surface area contributed by atoms with Crippen molar-refractivity contribution >= 4 is 0 Å². The summed E-state index contributed by atoms with van der Waals surface area (Å²) in [6.45, 7) is 4.39. The molecule has 1 saturated heterocycles. The highest BCUT2D eigenvalue weighted by molar-refractivity contribution is 5.31. The summed E-state index contributed by atoms with van der Waals surface area (Å²) in [4.78, 5) is 0. The number of benzene rings is 2. The van der Waals surface area contributed by atoms with E-state index in [1.165, 1.54) is 0 Å². The predicted octanol–water partition coefficient (Wildman–Crippen LogP) is 4.18. The van der Waals surface area contributed by atoms with E-state index in [0.717, 1.165) is 11.1 Å². The molecular weight excluding hydrogens is 264 g/mol. The van der Waals surface area contributed by atoms with Gasteiger partial charge < -0.3 is 14.9 Å². The van der Waals surface area contributed by atoms with Crippen LogP contribution in [0.25, 0.3) is 0 Å². The lowest BCUT2D eigenvalue weighted by atomic mass is 9.85. The number of ether oxygens (including phenoxy) is 1. The lowest BCUT2D eigenvalue weighted by Gasteiger charge is -2.16. The highest BCUT2D eigenvalue weighted by Gasteiger charge is 2.40. The molecule has 0 aromatic heterocycles. The smallest absolute Gasteiger partial charge is 0.115 e. The van der Waals surface area contributed by atoms with E-state index in [9.17, 15) is 10.2 Å². The van der Waals surface area contributed by atoms with Gasteiger partial charge in [0, 0.05) is 0 Å². The number of hydrogen-bond donors (Lipinski definition) is 2. The van der Waals surface area contributed by atoms with Crippen LogP contribution in [-0.4, -0.2) is 10.2 Å². The summed E-state index contributed by atoms with van der Waals surface area (Å²) in [5.74, 6) is 1.31. The van der Waals surface area contributed by atoms with Crippen molar-refractivity contribution in [2.45, 2.75) is 26.1 Å². The van der Waals surface area contributed by atoms with Crippen LogP contribution in [0.3, 0.4) is 0 Å². The minimum Gasteiger partial charge on any atom is -0.508 e. The molecule has 3 heteroatoms. The molecule has 1 fully saturated rings. The molecule has 2 aromatic carbocycles. The van der Waals surface area contributed by atoms with Gasteiger partial charge in [0.15, 0.2) is 0 Å². The molecule has 110 valence electrons. The minimum absolute atomic E-state index is 0.0272. The maximum absolute atomic E-state index is 9.41. The molecule has 0 bridgehead atoms. The molecule has 4 atom stereocenters. The molecule has 3 rings (SSSR count). The van der Waals surface area contributed by atoms with Crippen LogP contribution in [0.15, 0.2) is 48.5 Å². The van der Waals surface area contributed by atoms with Crippen molar-refractivity contribution < 1.29 is 14.9 Å². The van der Waals surface area contributed by atoms with Crippen molar-refractivity contribution in [1.82, 2.24) is 0 Å². The van der Waals surface area contributed by atoms with Crippen molar-refractivity contribution in [3.05, 3.63) is 59.7 Å². The predicted molar refractivity (Wildman–Crippen MR) is 81.1 cm³/mol. The summed E-state index contributed by atoms with van der Waals surface area (Å²) in [6, 6.07) is 14.5. The largest absolute Gasteiger partial charge is 0.508 e. The quantitative estimate of drug-likeness (QED) is 0.869. The zero-order valence-electron chi connectivity index (χ0n) is 12.2. The zero-order chi connectivity index (χ0) is 15.0. The lowest BCUT2D eigenvalue weighted by Crippen LogP contribution is -2.09. The molecule has 1 heterocycles. The van der Waals surface area contributed by atoms with Gasteiger partial charge in [-0.05, 0) is 47.2 Å². The third-order valence-corrected chi connectivity index (χ3v) is 4.52. The Balaban J connectivity index is 1.86. The van der Waals surface area contributed by atoms with E-state index in [4.69, 9.17) is 4.74 Å². The van der Waals surface area contributed by atoms with Gasteiger partial charge in [-0.3, -0.25) is 0 Å². The molecule has 0 aliphatic carbocycles. The standard InChI is InChI=1S/C18H20O3/c1-11-12(2)18(14-5-9-16(20)10-6-14)21-17(11)13-3-7-15(19)8-4-13/h3-12,17-20H,1-2H3/t11-,12+,17+,18-. The maximum Gasteiger partial charge on any atom is 0.115 e. The first-order valence-electron chi connectivity index (χ1n) is 7.29. The average molecular weight is 284 g/mol. The topological polar surface area (TPSA) is 49.7 Å². The van der Waals surface area contributed by atoms with Crippen molar-refractivity contribution in [2.75, 3.05) is 0 Å². The summed E-state index contributed by atoms with van der Waals surface area (Å²) in [7, 11) is 0. The zero-order valence-corrected chi connectivity index (χ0v) is 12.2. The van der Waals surface area contributed by atoms with Crippen LogP contribution in [0, 0.1) is 11.8 Å². The summed E-state index contributed by atoms with van der Waals surface area (Å²) in [5.41, 5.74) is 2.18. The first-order valence-corrected chi connectivity index (χ1v) is 7.29. The number of phenols is 2. The second-order valence-electron chi connectivity index (χ2n) is 5.88. The van der Waals surface area contributed by atoms with Crippen LogP contribution in [0.4, 0.5) is 0 Å². The van der Waals surface area contributed by atoms with E-state index in [1.54, 1.807) is 24.3 Å². The molecule has 3 nitrogen and oxygen atoms in total. The molecule has 21 heavy (non-hydrogen) atoms. The number of aromatic hydroxyl groups is 2. The molecule has 2 N–H and O–H groups in total. The normalized spacial score (nSPS) is 28.7. The summed E-state index contributed by atoms with van der Waals surface area (Å²) in [6.07, 6.45) is 0.0545. The lowest BCUT2D eigenvalue weighted by molar-refractivity contribution is 0.0290. The van der Waals surface area contributed by atoms with Crippen molar-refractivity contribution in [3.8, 4) is 11.5 Å². The fourth-order valence-electron chi connectivity index (χ4n) is 3.05. The van der Waals surface area contributed by atoms with Crippen LogP contribution >= 0.6 is 0 Å². The Morgan fingerprint density at radius 2 is 1.00 bits per heavy atom. The second kappa shape index (κ2) is 5.41. The van der Waals surface area contributed by atoms with Gasteiger partial charge in [-0.1, -0.05) is 38.1 Å². The minimum atomic E-state index is 0.0272. The van der Waals surface area contributed by atoms with Crippen LogP contribution in [0.1, 0.15) is 37.2 Å². The Morgan fingerprint density at radius 3 is 1.33 bits per heavy atom. The molecule has 0 amide bonds. The van der Waals surface area contributed by atoms with Crippen LogP contribution in [0.2, 0.25) is 0 Å². The van der Waals surface area contributed by atoms with Crippen molar-refractivity contribution in [1.29, 1.82) is 0 Å². The van der Waals surface area contributed by atoms with Crippen LogP contribution < -0.4 is 0 Å². The van der Waals surface area contributed by atoms with E-state index in [0.29, 0.717) is 11.8 Å². The number of hydrogen-bond acceptors (Lipinski definition) is 3. The van der Waals surface area contributed by atoms with E-state index in [1.807, 2.05) is 24.3 Å². The average Bonchev–Trinajstić information content (AvgIpc) is 2.78. The first kappa shape index (κ1) is 14.0. The molecule has 0 radical (unpaired) electrons. The third kappa shape index (κ3) is 2.61. The van der Waals surface area contributed by atoms with E-state index in [-0.39, 0.29) is 23.7 Å². The molecule has 1 aliphatic rings. The van der Waals surface area contributed by atoms with E-state index >= 15 is 0 Å². The van der Waals surface area contributed by atoms with Crippen LogP contribution in [0.5, 0.6) is 11.5 Å². The second-order valence-corrected chi connectivity index (χ2v) is 5.88. The van der Waals surface area contributed by atoms with E-state index < -0.39 is 0 Å². The van der Waals surface area contributed by atoms with Gasteiger partial charge in [0.25, 0.3) is 0 Å². The monoisotopic (exact) mass is 284 g/mol. The van der Waals surface area contributed by atoms with Crippen molar-refractivity contribution in [3.63, 3.8) is 0 Å². The summed E-state index contributed by atoms with van der Waals surface area (Å²) >= 11 is 0. The molecular formula is C18H20O3. The highest BCUT2D eigenvalue weighted by atomic mass is 16.5. The molecule has 0 saturated carbocycles. The van der Waals surface area contributed by atoms with Crippen molar-refractivity contribution in [2.24, 2.45) is 11.8 Å². The van der Waals surface area contributed by atoms with Gasteiger partial charge in [-0.15, -0.1) is 0 Å². The van der Waals surface area contributed by atoms with Gasteiger partial charge in [0.1, 0.15) is 11.5 Å². The van der Waals surface area contributed by atoms with Crippen LogP contribution in [-0.2, 0) is 4.74 Å². The molecule has 2 aromatic rings. The fraction of sp³-hybridized carbons (Fsp3) is 0.333. The molecule has 0 spiro atoms. The Hall–Kier alpha value is -2.00. The summed E-state index contributed by atoms with van der Waals surface area (Å²) in [5, 5.41) is 18.8. The highest BCUT2D eigenvalue weighted by Crippen LogP contribution is 2.49. The fourth-order valence-corrected chi connectivity index (χ4v) is 3.05. The van der Waals surface area contributed by atoms with Gasteiger partial charge in [-0.25, -0.2) is 0 Å². The Bertz CT molecular complexity index is 548. The summed E-state index contributed by atoms with van der Waals surface area (Å²) < 4.78 is 6.27. The van der Waals surface area contributed by atoms with Gasteiger partial charge in [-0.2, -0.15) is 0 Å². The Kier molecular flexibility index (Phi) is 3.60. The van der Waals surface area contributed by atoms with Gasteiger partial charge in [0.05, 0.1) is 12.2 Å². The third-order valence-electron chi connectivity index (χ3n) is 4.52.